The molecule has 8 nitrogen and oxygen atoms in total. The lowest BCUT2D eigenvalue weighted by atomic mass is 10.1. The Bertz CT molecular complexity index is 1160. The number of ether oxygens (including phenoxy) is 1. The molecule has 1 fully saturated rings. The fraction of sp³-hybridized carbons (Fsp3) is 0.350. The molecule has 1 saturated heterocycles. The number of anilines is 1. The van der Waals surface area contributed by atoms with E-state index >= 15 is 0 Å². The predicted octanol–water partition coefficient (Wildman–Crippen LogP) is 3.59. The van der Waals surface area contributed by atoms with Crippen molar-refractivity contribution in [1.29, 1.82) is 0 Å². The van der Waals surface area contributed by atoms with Crippen LogP contribution in [-0.2, 0) is 16.6 Å². The van der Waals surface area contributed by atoms with Gasteiger partial charge in [0.15, 0.2) is 0 Å². The molecule has 31 heavy (non-hydrogen) atoms. The first-order valence-electron chi connectivity index (χ1n) is 9.60. The predicted molar refractivity (Wildman–Crippen MR) is 116 cm³/mol. The second-order valence-electron chi connectivity index (χ2n) is 7.50. The minimum atomic E-state index is -3.32. The molecule has 0 saturated carbocycles. The highest BCUT2D eigenvalue weighted by molar-refractivity contribution is 7.88. The Balaban J connectivity index is 1.64. The average molecular weight is 468 g/mol. The molecule has 2 aliphatic heterocycles. The number of allylic oxidation sites excluding steroid dienone is 1. The number of nitrogens with one attached hydrogen (secondary N) is 1. The van der Waals surface area contributed by atoms with Crippen LogP contribution in [0, 0.1) is 5.82 Å². The molecule has 0 bridgehead atoms. The van der Waals surface area contributed by atoms with Gasteiger partial charge in [-0.25, -0.2) is 17.6 Å². The van der Waals surface area contributed by atoms with Crippen LogP contribution in [0.1, 0.15) is 23.8 Å². The van der Waals surface area contributed by atoms with Gasteiger partial charge in [-0.1, -0.05) is 0 Å². The van der Waals surface area contributed by atoms with Crippen LogP contribution in [0.3, 0.4) is 0 Å². The van der Waals surface area contributed by atoms with E-state index in [1.165, 1.54) is 38.7 Å². The van der Waals surface area contributed by atoms with Gasteiger partial charge in [0.25, 0.3) is 0 Å². The summed E-state index contributed by atoms with van der Waals surface area (Å²) in [5, 5.41) is 14.7. The normalized spacial score (nSPS) is 19.5. The smallest absolute Gasteiger partial charge is 0.411 e. The topological polar surface area (TPSA) is 99.2 Å². The number of carboxylic acid groups (broad SMARTS) is 1. The van der Waals surface area contributed by atoms with Gasteiger partial charge >= 0.3 is 6.09 Å². The number of hydrogen-bond donors (Lipinski definition) is 2. The van der Waals surface area contributed by atoms with Gasteiger partial charge in [0.2, 0.25) is 10.0 Å². The van der Waals surface area contributed by atoms with Crippen LogP contribution >= 0.6 is 11.3 Å². The largest absolute Gasteiger partial charge is 0.487 e. The summed E-state index contributed by atoms with van der Waals surface area (Å²) in [4.78, 5) is 13.8. The second-order valence-corrected chi connectivity index (χ2v) is 10.5. The summed E-state index contributed by atoms with van der Waals surface area (Å²) in [5.74, 6) is -0.249. The fourth-order valence-electron chi connectivity index (χ4n) is 3.75. The molecule has 2 aliphatic rings. The van der Waals surface area contributed by atoms with Crippen molar-refractivity contribution in [1.82, 2.24) is 9.21 Å². The van der Waals surface area contributed by atoms with Crippen LogP contribution in [-0.4, -0.2) is 54.3 Å². The van der Waals surface area contributed by atoms with Crippen LogP contribution < -0.4 is 10.1 Å². The van der Waals surface area contributed by atoms with E-state index in [1.54, 1.807) is 6.92 Å². The number of thiophene rings is 1. The van der Waals surface area contributed by atoms with Crippen molar-refractivity contribution in [2.75, 3.05) is 24.7 Å². The van der Waals surface area contributed by atoms with Crippen molar-refractivity contribution in [3.8, 4) is 5.75 Å². The Kier molecular flexibility index (Phi) is 5.67. The van der Waals surface area contributed by atoms with E-state index < -0.39 is 28.0 Å². The van der Waals surface area contributed by atoms with Crippen molar-refractivity contribution >= 4 is 38.8 Å². The maximum absolute atomic E-state index is 14.0. The van der Waals surface area contributed by atoms with E-state index in [4.69, 9.17) is 4.74 Å². The van der Waals surface area contributed by atoms with E-state index in [2.05, 4.69) is 5.32 Å². The van der Waals surface area contributed by atoms with Gasteiger partial charge in [0, 0.05) is 28.7 Å². The summed E-state index contributed by atoms with van der Waals surface area (Å²) in [6.07, 6.45) is 0.172. The summed E-state index contributed by atoms with van der Waals surface area (Å²) in [5.41, 5.74) is 2.49. The van der Waals surface area contributed by atoms with Crippen molar-refractivity contribution < 1.29 is 27.4 Å². The Morgan fingerprint density at radius 1 is 1.35 bits per heavy atom. The molecule has 166 valence electrons. The number of amides is 1. The highest BCUT2D eigenvalue weighted by atomic mass is 32.2. The van der Waals surface area contributed by atoms with Gasteiger partial charge < -0.3 is 15.2 Å². The lowest BCUT2D eigenvalue weighted by Crippen LogP contribution is -2.32. The number of halogens is 1. The minimum absolute atomic E-state index is 0.192. The molecule has 3 heterocycles. The van der Waals surface area contributed by atoms with Crippen LogP contribution in [0.15, 0.2) is 35.3 Å². The van der Waals surface area contributed by atoms with Gasteiger partial charge in [-0.15, -0.1) is 11.3 Å². The maximum atomic E-state index is 14.0. The van der Waals surface area contributed by atoms with Crippen LogP contribution in [0.5, 0.6) is 5.75 Å². The molecule has 0 aliphatic carbocycles. The van der Waals surface area contributed by atoms with Crippen LogP contribution in [0.2, 0.25) is 0 Å². The van der Waals surface area contributed by atoms with Gasteiger partial charge in [0.05, 0.1) is 30.7 Å². The van der Waals surface area contributed by atoms with Crippen LogP contribution in [0.25, 0.3) is 5.70 Å². The van der Waals surface area contributed by atoms with Crippen molar-refractivity contribution in [3.05, 3.63) is 51.6 Å². The summed E-state index contributed by atoms with van der Waals surface area (Å²) >= 11 is 1.47. The Labute approximate surface area is 183 Å². The van der Waals surface area contributed by atoms with Gasteiger partial charge in [0.1, 0.15) is 17.7 Å². The summed E-state index contributed by atoms with van der Waals surface area (Å²) in [6.45, 7) is 2.52. The average Bonchev–Trinajstić information content (AvgIpc) is 3.34. The monoisotopic (exact) mass is 467 g/mol. The summed E-state index contributed by atoms with van der Waals surface area (Å²) in [7, 11) is -3.32. The maximum Gasteiger partial charge on any atom is 0.411 e. The molecule has 2 N–H and O–H groups in total. The van der Waals surface area contributed by atoms with E-state index in [0.29, 0.717) is 30.0 Å². The zero-order valence-electron chi connectivity index (χ0n) is 17.0. The first-order valence-corrected chi connectivity index (χ1v) is 12.3. The molecular weight excluding hydrogens is 445 g/mol. The number of benzene rings is 1. The standard InChI is InChI=1S/C20H22FN3O5S2/c1-12-19(15-6-8-30-18(15)11-24(12)20(25)26)22-16-4-3-13(21)9-17(16)29-14-5-7-23(10-14)31(2,27)28/h3-4,6,8-9,14,22H,5,7,10-11H2,1-2H3,(H,25,26)/t14-/m1/s1. The molecule has 1 aromatic heterocycles. The van der Waals surface area contributed by atoms with Crippen LogP contribution in [0.4, 0.5) is 14.9 Å². The minimum Gasteiger partial charge on any atom is -0.487 e. The van der Waals surface area contributed by atoms with E-state index in [9.17, 15) is 22.7 Å². The molecule has 0 unspecified atom stereocenters. The Morgan fingerprint density at radius 2 is 2.13 bits per heavy atom. The molecule has 0 radical (unpaired) electrons. The molecule has 0 spiro atoms. The zero-order chi connectivity index (χ0) is 22.3. The number of nitrogens with zero attached hydrogens (tertiary/aromatic N) is 2. The summed E-state index contributed by atoms with van der Waals surface area (Å²) in [6, 6.07) is 5.97. The third kappa shape index (κ3) is 4.39. The highest BCUT2D eigenvalue weighted by Crippen LogP contribution is 2.38. The third-order valence-electron chi connectivity index (χ3n) is 5.39. The summed E-state index contributed by atoms with van der Waals surface area (Å²) < 4.78 is 44.8. The number of sulfonamides is 1. The van der Waals surface area contributed by atoms with Gasteiger partial charge in [-0.2, -0.15) is 4.31 Å². The third-order valence-corrected chi connectivity index (χ3v) is 7.56. The van der Waals surface area contributed by atoms with Crippen molar-refractivity contribution in [2.24, 2.45) is 0 Å². The lowest BCUT2D eigenvalue weighted by Gasteiger charge is -2.29. The molecule has 1 atom stereocenters. The quantitative estimate of drug-likeness (QED) is 0.697. The molecular formula is C20H22FN3O5S2. The molecule has 2 aromatic rings. The molecule has 4 rings (SSSR count). The molecule has 11 heteroatoms. The van der Waals surface area contributed by atoms with Gasteiger partial charge in [-0.05, 0) is 36.9 Å². The highest BCUT2D eigenvalue weighted by Gasteiger charge is 2.31. The molecule has 1 amide bonds. The van der Waals surface area contributed by atoms with Crippen molar-refractivity contribution in [2.45, 2.75) is 26.0 Å². The van der Waals surface area contributed by atoms with E-state index in [0.717, 1.165) is 16.7 Å². The lowest BCUT2D eigenvalue weighted by molar-refractivity contribution is 0.156. The zero-order valence-corrected chi connectivity index (χ0v) is 18.6. The van der Waals surface area contributed by atoms with E-state index in [1.807, 2.05) is 11.4 Å². The first-order chi connectivity index (χ1) is 14.6. The first kappa shape index (κ1) is 21.6. The Morgan fingerprint density at radius 3 is 2.81 bits per heavy atom. The number of rotatable bonds is 5. The Hall–Kier alpha value is -2.63. The fourth-order valence-corrected chi connectivity index (χ4v) is 5.50. The van der Waals surface area contributed by atoms with E-state index in [-0.39, 0.29) is 18.8 Å². The van der Waals surface area contributed by atoms with Crippen molar-refractivity contribution in [3.63, 3.8) is 0 Å². The number of carbonyl (C=O) groups is 1. The second kappa shape index (κ2) is 8.13. The molecule has 1 aromatic carbocycles. The van der Waals surface area contributed by atoms with Gasteiger partial charge in [-0.3, -0.25) is 4.90 Å². The SMILES string of the molecule is CC1=C(Nc2ccc(F)cc2O[C@@H]2CCN(S(C)(=O)=O)C2)c2ccsc2CN1C(=O)O. The number of hydrogen-bond acceptors (Lipinski definition) is 6. The number of fused-ring (bicyclic) bond motifs is 1.